The number of fused-ring (bicyclic) bond motifs is 2. The van der Waals surface area contributed by atoms with Crippen molar-refractivity contribution in [3.05, 3.63) is 100 Å². The van der Waals surface area contributed by atoms with E-state index in [1.807, 2.05) is 71.4 Å². The summed E-state index contributed by atoms with van der Waals surface area (Å²) in [6, 6.07) is 26.1. The van der Waals surface area contributed by atoms with Gasteiger partial charge in [0.15, 0.2) is 0 Å². The molecule has 8 nitrogen and oxygen atoms in total. The zero-order valence-electron chi connectivity index (χ0n) is 22.3. The van der Waals surface area contributed by atoms with Gasteiger partial charge < -0.3 is 19.6 Å². The molecule has 0 spiro atoms. The average molecular weight is 574 g/mol. The molecule has 0 amide bonds. The lowest BCUT2D eigenvalue weighted by molar-refractivity contribution is -0.192. The lowest BCUT2D eigenvalue weighted by Crippen LogP contribution is -2.35. The van der Waals surface area contributed by atoms with Crippen molar-refractivity contribution in [1.82, 2.24) is 19.4 Å². The number of alkyl halides is 3. The van der Waals surface area contributed by atoms with Crippen molar-refractivity contribution in [3.8, 4) is 17.3 Å². The number of carbonyl (C=O) groups is 1. The molecule has 42 heavy (non-hydrogen) atoms. The predicted octanol–water partition coefficient (Wildman–Crippen LogP) is 5.50. The smallest absolute Gasteiger partial charge is 0.475 e. The van der Waals surface area contributed by atoms with E-state index in [2.05, 4.69) is 28.1 Å². The van der Waals surface area contributed by atoms with Gasteiger partial charge in [0.2, 0.25) is 0 Å². The second kappa shape index (κ2) is 11.9. The molecule has 1 aliphatic rings. The molecule has 0 radical (unpaired) electrons. The van der Waals surface area contributed by atoms with Crippen molar-refractivity contribution in [2.75, 3.05) is 13.1 Å². The number of nitrogens with one attached hydrogen (secondary N) is 1. The Morgan fingerprint density at radius 2 is 1.62 bits per heavy atom. The lowest BCUT2D eigenvalue weighted by atomic mass is 10.0. The molecule has 5 aromatic rings. The van der Waals surface area contributed by atoms with Gasteiger partial charge in [-0.25, -0.2) is 9.78 Å². The van der Waals surface area contributed by atoms with Crippen LogP contribution in [0.3, 0.4) is 0 Å². The third kappa shape index (κ3) is 5.89. The van der Waals surface area contributed by atoms with Crippen LogP contribution in [0.4, 0.5) is 13.2 Å². The third-order valence-corrected chi connectivity index (χ3v) is 7.19. The third-order valence-electron chi connectivity index (χ3n) is 7.19. The van der Waals surface area contributed by atoms with Crippen LogP contribution in [-0.2, 0) is 11.3 Å². The van der Waals surface area contributed by atoms with E-state index < -0.39 is 12.1 Å². The number of halogens is 3. The molecule has 214 valence electrons. The minimum absolute atomic E-state index is 0.0307. The van der Waals surface area contributed by atoms with E-state index in [0.717, 1.165) is 59.0 Å². The molecular weight excluding hydrogens is 547 g/mol. The first-order chi connectivity index (χ1) is 20.2. The molecule has 1 aliphatic heterocycles. The van der Waals surface area contributed by atoms with E-state index in [4.69, 9.17) is 20.1 Å². The van der Waals surface area contributed by atoms with Gasteiger partial charge in [-0.05, 0) is 61.8 Å². The molecule has 2 aromatic heterocycles. The van der Waals surface area contributed by atoms with Gasteiger partial charge in [-0.2, -0.15) is 18.4 Å². The first-order valence-electron chi connectivity index (χ1n) is 13.3. The molecule has 2 N–H and O–H groups in total. The number of piperidine rings is 1. The fourth-order valence-corrected chi connectivity index (χ4v) is 5.20. The first kappa shape index (κ1) is 28.6. The van der Waals surface area contributed by atoms with Gasteiger partial charge in [0.25, 0.3) is 5.56 Å². The van der Waals surface area contributed by atoms with Crippen molar-refractivity contribution < 1.29 is 23.1 Å². The fraction of sp³-hybridized carbons (Fsp3) is 0.226. The van der Waals surface area contributed by atoms with Crippen molar-refractivity contribution in [2.45, 2.75) is 31.6 Å². The van der Waals surface area contributed by atoms with Crippen molar-refractivity contribution in [1.29, 1.82) is 5.26 Å². The maximum absolute atomic E-state index is 14.0. The summed E-state index contributed by atoms with van der Waals surface area (Å²) in [4.78, 5) is 27.8. The summed E-state index contributed by atoms with van der Waals surface area (Å²) in [6.45, 7) is 2.46. The Morgan fingerprint density at radius 1 is 1.00 bits per heavy atom. The molecule has 0 unspecified atom stereocenters. The summed E-state index contributed by atoms with van der Waals surface area (Å²) in [6.07, 6.45) is -1.18. The van der Waals surface area contributed by atoms with Crippen molar-refractivity contribution in [3.63, 3.8) is 0 Å². The molecule has 6 rings (SSSR count). The van der Waals surface area contributed by atoms with Crippen LogP contribution in [0.25, 0.3) is 33.2 Å². The largest absolute Gasteiger partial charge is 0.490 e. The highest BCUT2D eigenvalue weighted by molar-refractivity contribution is 5.96. The van der Waals surface area contributed by atoms with Crippen LogP contribution >= 0.6 is 0 Å². The Hall–Kier alpha value is -4.95. The number of hydrogen-bond acceptors (Lipinski definition) is 5. The number of aromatic nitrogens is 3. The van der Waals surface area contributed by atoms with E-state index in [1.54, 1.807) is 0 Å². The Labute approximate surface area is 238 Å². The topological polar surface area (TPSA) is 113 Å². The summed E-state index contributed by atoms with van der Waals surface area (Å²) in [5, 5.41) is 20.7. The highest BCUT2D eigenvalue weighted by Gasteiger charge is 2.38. The van der Waals surface area contributed by atoms with Crippen LogP contribution in [0.1, 0.15) is 30.0 Å². The molecule has 0 bridgehead atoms. The number of hydrogen-bond donors (Lipinski definition) is 2. The van der Waals surface area contributed by atoms with Crippen LogP contribution in [0.5, 0.6) is 0 Å². The minimum Gasteiger partial charge on any atom is -0.475 e. The van der Waals surface area contributed by atoms with E-state index in [-0.39, 0.29) is 11.6 Å². The van der Waals surface area contributed by atoms with Gasteiger partial charge in [0, 0.05) is 35.2 Å². The molecular formula is C31H26F3N5O3. The Morgan fingerprint density at radius 3 is 2.26 bits per heavy atom. The van der Waals surface area contributed by atoms with Crippen molar-refractivity contribution in [2.24, 2.45) is 0 Å². The van der Waals surface area contributed by atoms with Gasteiger partial charge in [-0.15, -0.1) is 0 Å². The number of rotatable bonds is 4. The number of carboxylic acid groups (broad SMARTS) is 1. The van der Waals surface area contributed by atoms with E-state index in [0.29, 0.717) is 17.8 Å². The van der Waals surface area contributed by atoms with Crippen LogP contribution in [-0.4, -0.2) is 44.5 Å². The van der Waals surface area contributed by atoms with Crippen molar-refractivity contribution >= 4 is 27.9 Å². The van der Waals surface area contributed by atoms with E-state index in [1.165, 1.54) is 0 Å². The van der Waals surface area contributed by atoms with Gasteiger partial charge >= 0.3 is 12.1 Å². The summed E-state index contributed by atoms with van der Waals surface area (Å²) in [5.41, 5.74) is 5.84. The Kier molecular flexibility index (Phi) is 8.08. The van der Waals surface area contributed by atoms with Gasteiger partial charge in [-0.1, -0.05) is 42.5 Å². The Bertz CT molecular complexity index is 1850. The second-order valence-corrected chi connectivity index (χ2v) is 9.90. The number of para-hydroxylation sites is 3. The fourth-order valence-electron chi connectivity index (χ4n) is 5.20. The number of carboxylic acids is 1. The maximum atomic E-state index is 14.0. The molecule has 0 aliphatic carbocycles. The standard InChI is InChI=1S/C29H25N5O.C2HF3O2/c30-17-20-9-11-21(12-10-20)18-33-19-24(23-5-1-3-7-26(23)33)28-29(35)34(22-13-15-31-16-14-22)27-8-4-2-6-25(27)32-28;3-2(4,5)1(6)7/h1-12,19,22,31H,13-16,18H2;(H,6,7). The normalized spacial score (nSPS) is 13.9. The van der Waals surface area contributed by atoms with E-state index in [9.17, 15) is 18.0 Å². The predicted molar refractivity (Wildman–Crippen MR) is 152 cm³/mol. The molecule has 1 saturated heterocycles. The highest BCUT2D eigenvalue weighted by atomic mass is 19.4. The maximum Gasteiger partial charge on any atom is 0.490 e. The van der Waals surface area contributed by atoms with Crippen LogP contribution < -0.4 is 10.9 Å². The number of nitrogens with zero attached hydrogens (tertiary/aromatic N) is 4. The lowest BCUT2D eigenvalue weighted by Gasteiger charge is -2.26. The SMILES string of the molecule is N#Cc1ccc(Cn2cc(-c3nc4ccccc4n(C4CCNCC4)c3=O)c3ccccc32)cc1.O=C(O)C(F)(F)F. The zero-order chi connectivity index (χ0) is 29.9. The Balaban J connectivity index is 0.000000451. The number of nitriles is 1. The van der Waals surface area contributed by atoms with E-state index >= 15 is 0 Å². The van der Waals surface area contributed by atoms with Crippen LogP contribution in [0.2, 0.25) is 0 Å². The molecule has 0 atom stereocenters. The summed E-state index contributed by atoms with van der Waals surface area (Å²) < 4.78 is 35.9. The molecule has 3 aromatic carbocycles. The molecule has 3 heterocycles. The van der Waals surface area contributed by atoms with Crippen LogP contribution in [0, 0.1) is 11.3 Å². The summed E-state index contributed by atoms with van der Waals surface area (Å²) >= 11 is 0. The second-order valence-electron chi connectivity index (χ2n) is 9.90. The number of benzene rings is 3. The highest BCUT2D eigenvalue weighted by Crippen LogP contribution is 2.31. The van der Waals surface area contributed by atoms with Gasteiger partial charge in [-0.3, -0.25) is 4.79 Å². The monoisotopic (exact) mass is 573 g/mol. The quantitative estimate of drug-likeness (QED) is 0.294. The minimum atomic E-state index is -5.08. The molecule has 0 saturated carbocycles. The summed E-state index contributed by atoms with van der Waals surface area (Å²) in [7, 11) is 0. The van der Waals surface area contributed by atoms with Crippen LogP contribution in [0.15, 0.2) is 83.8 Å². The first-order valence-corrected chi connectivity index (χ1v) is 13.3. The zero-order valence-corrected chi connectivity index (χ0v) is 22.3. The molecule has 1 fully saturated rings. The number of aliphatic carboxylic acids is 1. The average Bonchev–Trinajstić information content (AvgIpc) is 3.35. The van der Waals surface area contributed by atoms with Gasteiger partial charge in [0.05, 0.1) is 22.7 Å². The van der Waals surface area contributed by atoms with Gasteiger partial charge in [0.1, 0.15) is 5.69 Å². The summed E-state index contributed by atoms with van der Waals surface area (Å²) in [5.74, 6) is -2.76. The molecule has 11 heteroatoms.